The van der Waals surface area contributed by atoms with Crippen molar-refractivity contribution in [3.05, 3.63) is 51.3 Å². The van der Waals surface area contributed by atoms with Crippen LogP contribution in [0.1, 0.15) is 38.1 Å². The van der Waals surface area contributed by atoms with Crippen LogP contribution in [-0.2, 0) is 0 Å². The Balaban J connectivity index is 1.98. The fourth-order valence-corrected chi connectivity index (χ4v) is 3.50. The molecule has 0 bridgehead atoms. The van der Waals surface area contributed by atoms with Crippen LogP contribution in [0.25, 0.3) is 21.8 Å². The first-order chi connectivity index (χ1) is 11.1. The summed E-state index contributed by atoms with van der Waals surface area (Å²) in [5.41, 5.74) is 0.753. The highest BCUT2D eigenvalue weighted by atomic mass is 16.1. The molecule has 3 aromatic rings. The second kappa shape index (κ2) is 5.22. The zero-order valence-electron chi connectivity index (χ0n) is 12.7. The molecular formula is C17H18N4O2. The standard InChI is InChI=1S/C17H18N4O2/c18-21-9-7-15-13(17(21)23)10-12-14(19-15)6-8-20(16(12)22)11-4-2-1-3-5-11/h6-11H,1-5,18H2. The minimum Gasteiger partial charge on any atom is -0.336 e. The van der Waals surface area contributed by atoms with Gasteiger partial charge in [-0.05, 0) is 31.0 Å². The van der Waals surface area contributed by atoms with Crippen LogP contribution in [0.15, 0.2) is 40.2 Å². The molecule has 23 heavy (non-hydrogen) atoms. The monoisotopic (exact) mass is 310 g/mol. The number of fused-ring (bicyclic) bond motifs is 2. The van der Waals surface area contributed by atoms with Gasteiger partial charge in [-0.1, -0.05) is 19.3 Å². The SMILES string of the molecule is Nn1ccc2nc3ccn(C4CCCCC4)c(=O)c3cc2c1=O. The number of hydrogen-bond donors (Lipinski definition) is 1. The molecule has 1 aliphatic carbocycles. The zero-order valence-corrected chi connectivity index (χ0v) is 12.7. The predicted octanol–water partition coefficient (Wildman–Crippen LogP) is 1.93. The molecule has 0 spiro atoms. The molecule has 1 aliphatic rings. The normalized spacial score (nSPS) is 16.2. The molecule has 6 heteroatoms. The van der Waals surface area contributed by atoms with Crippen LogP contribution in [-0.4, -0.2) is 14.2 Å². The zero-order chi connectivity index (χ0) is 16.0. The van der Waals surface area contributed by atoms with E-state index in [4.69, 9.17) is 5.84 Å². The van der Waals surface area contributed by atoms with E-state index in [-0.39, 0.29) is 17.2 Å². The van der Waals surface area contributed by atoms with Crippen molar-refractivity contribution < 1.29 is 0 Å². The fourth-order valence-electron chi connectivity index (χ4n) is 3.50. The molecule has 0 aromatic carbocycles. The summed E-state index contributed by atoms with van der Waals surface area (Å²) in [4.78, 5) is 29.5. The van der Waals surface area contributed by atoms with Crippen LogP contribution in [0, 0.1) is 0 Å². The summed E-state index contributed by atoms with van der Waals surface area (Å²) in [5.74, 6) is 5.61. The molecule has 1 saturated carbocycles. The van der Waals surface area contributed by atoms with E-state index in [1.165, 1.54) is 12.6 Å². The van der Waals surface area contributed by atoms with Crippen LogP contribution in [0.4, 0.5) is 0 Å². The molecule has 4 rings (SSSR count). The van der Waals surface area contributed by atoms with E-state index < -0.39 is 0 Å². The lowest BCUT2D eigenvalue weighted by Crippen LogP contribution is -2.28. The molecule has 6 nitrogen and oxygen atoms in total. The molecule has 2 N–H and O–H groups in total. The van der Waals surface area contributed by atoms with Crippen LogP contribution >= 0.6 is 0 Å². The predicted molar refractivity (Wildman–Crippen MR) is 90.0 cm³/mol. The van der Waals surface area contributed by atoms with Gasteiger partial charge in [0.05, 0.1) is 21.8 Å². The molecule has 0 saturated heterocycles. The van der Waals surface area contributed by atoms with Crippen LogP contribution in [0.3, 0.4) is 0 Å². The Morgan fingerprint density at radius 3 is 2.35 bits per heavy atom. The van der Waals surface area contributed by atoms with E-state index in [0.717, 1.165) is 30.4 Å². The summed E-state index contributed by atoms with van der Waals surface area (Å²) < 4.78 is 2.82. The van der Waals surface area contributed by atoms with Gasteiger partial charge in [0.2, 0.25) is 0 Å². The molecule has 1 fully saturated rings. The van der Waals surface area contributed by atoms with E-state index in [2.05, 4.69) is 4.98 Å². The van der Waals surface area contributed by atoms with Crippen molar-refractivity contribution in [3.8, 4) is 0 Å². The number of rotatable bonds is 1. The van der Waals surface area contributed by atoms with Gasteiger partial charge in [-0.15, -0.1) is 0 Å². The van der Waals surface area contributed by atoms with Crippen molar-refractivity contribution in [2.24, 2.45) is 0 Å². The summed E-state index contributed by atoms with van der Waals surface area (Å²) in [7, 11) is 0. The minimum absolute atomic E-state index is 0.0735. The quantitative estimate of drug-likeness (QED) is 0.550. The Hall–Kier alpha value is -2.63. The molecule has 0 amide bonds. The Morgan fingerprint density at radius 2 is 1.61 bits per heavy atom. The van der Waals surface area contributed by atoms with Gasteiger partial charge in [0, 0.05) is 18.4 Å². The van der Waals surface area contributed by atoms with Crippen molar-refractivity contribution in [2.45, 2.75) is 38.1 Å². The van der Waals surface area contributed by atoms with E-state index >= 15 is 0 Å². The molecular weight excluding hydrogens is 292 g/mol. The molecule has 118 valence electrons. The Morgan fingerprint density at radius 1 is 0.957 bits per heavy atom. The van der Waals surface area contributed by atoms with Gasteiger partial charge in [-0.3, -0.25) is 9.59 Å². The van der Waals surface area contributed by atoms with Crippen LogP contribution in [0.2, 0.25) is 0 Å². The van der Waals surface area contributed by atoms with Crippen molar-refractivity contribution in [1.29, 1.82) is 0 Å². The van der Waals surface area contributed by atoms with Crippen molar-refractivity contribution in [3.63, 3.8) is 0 Å². The van der Waals surface area contributed by atoms with Gasteiger partial charge in [-0.2, -0.15) is 0 Å². The number of nitrogens with zero attached hydrogens (tertiary/aromatic N) is 3. The van der Waals surface area contributed by atoms with E-state index in [0.29, 0.717) is 21.8 Å². The first kappa shape index (κ1) is 14.0. The highest BCUT2D eigenvalue weighted by molar-refractivity contribution is 5.91. The lowest BCUT2D eigenvalue weighted by Gasteiger charge is -2.24. The van der Waals surface area contributed by atoms with Crippen molar-refractivity contribution in [1.82, 2.24) is 14.2 Å². The molecule has 0 unspecified atom stereocenters. The lowest BCUT2D eigenvalue weighted by molar-refractivity contribution is 0.347. The maximum Gasteiger partial charge on any atom is 0.278 e. The van der Waals surface area contributed by atoms with Gasteiger partial charge < -0.3 is 10.4 Å². The van der Waals surface area contributed by atoms with E-state index in [1.54, 1.807) is 16.7 Å². The van der Waals surface area contributed by atoms with Gasteiger partial charge >= 0.3 is 0 Å². The van der Waals surface area contributed by atoms with Crippen LogP contribution < -0.4 is 17.0 Å². The molecule has 0 radical (unpaired) electrons. The third kappa shape index (κ3) is 2.21. The number of nitrogens with two attached hydrogens (primary N) is 1. The smallest absolute Gasteiger partial charge is 0.278 e. The summed E-state index contributed by atoms with van der Waals surface area (Å²) in [6, 6.07) is 5.42. The summed E-state index contributed by atoms with van der Waals surface area (Å²) in [5, 5.41) is 0.856. The second-order valence-electron chi connectivity index (χ2n) is 6.20. The van der Waals surface area contributed by atoms with E-state index in [1.807, 2.05) is 12.3 Å². The number of nitrogen functional groups attached to an aromatic ring is 1. The first-order valence-electron chi connectivity index (χ1n) is 7.97. The summed E-state index contributed by atoms with van der Waals surface area (Å²) in [6.45, 7) is 0. The highest BCUT2D eigenvalue weighted by Crippen LogP contribution is 2.27. The Labute approximate surface area is 132 Å². The lowest BCUT2D eigenvalue weighted by atomic mass is 9.95. The maximum atomic E-state index is 12.9. The summed E-state index contributed by atoms with van der Waals surface area (Å²) in [6.07, 6.45) is 8.92. The molecule has 3 aromatic heterocycles. The van der Waals surface area contributed by atoms with Gasteiger partial charge in [0.25, 0.3) is 11.1 Å². The molecule has 0 atom stereocenters. The van der Waals surface area contributed by atoms with Gasteiger partial charge in [-0.25, -0.2) is 9.66 Å². The third-order valence-corrected chi connectivity index (χ3v) is 4.77. The van der Waals surface area contributed by atoms with Crippen molar-refractivity contribution >= 4 is 21.8 Å². The van der Waals surface area contributed by atoms with Gasteiger partial charge in [0.1, 0.15) is 0 Å². The molecule has 3 heterocycles. The maximum absolute atomic E-state index is 12.9. The third-order valence-electron chi connectivity index (χ3n) is 4.77. The minimum atomic E-state index is -0.343. The topological polar surface area (TPSA) is 82.9 Å². The average Bonchev–Trinajstić information content (AvgIpc) is 2.58. The largest absolute Gasteiger partial charge is 0.336 e. The van der Waals surface area contributed by atoms with Crippen LogP contribution in [0.5, 0.6) is 0 Å². The van der Waals surface area contributed by atoms with Gasteiger partial charge in [0.15, 0.2) is 0 Å². The number of hydrogen-bond acceptors (Lipinski definition) is 4. The number of pyridine rings is 3. The number of aromatic nitrogens is 3. The Kier molecular flexibility index (Phi) is 3.18. The summed E-state index contributed by atoms with van der Waals surface area (Å²) >= 11 is 0. The van der Waals surface area contributed by atoms with Crippen molar-refractivity contribution in [2.75, 3.05) is 5.84 Å². The molecule has 0 aliphatic heterocycles. The fraction of sp³-hybridized carbons (Fsp3) is 0.353. The first-order valence-corrected chi connectivity index (χ1v) is 7.97. The highest BCUT2D eigenvalue weighted by Gasteiger charge is 2.17. The average molecular weight is 310 g/mol. The van der Waals surface area contributed by atoms with E-state index in [9.17, 15) is 9.59 Å². The second-order valence-corrected chi connectivity index (χ2v) is 6.20. The Bertz CT molecular complexity index is 1010.